The van der Waals surface area contributed by atoms with E-state index in [4.69, 9.17) is 26.2 Å². The van der Waals surface area contributed by atoms with Crippen LogP contribution in [-0.2, 0) is 19.2 Å². The van der Waals surface area contributed by atoms with E-state index >= 15 is 0 Å². The van der Waals surface area contributed by atoms with Gasteiger partial charge in [-0.15, -0.1) is 0 Å². The zero-order valence-corrected chi connectivity index (χ0v) is 16.5. The number of aromatic hydroxyl groups is 1. The number of carboxylic acids is 3. The van der Waals surface area contributed by atoms with Crippen LogP contribution in [0.2, 0.25) is 0 Å². The summed E-state index contributed by atoms with van der Waals surface area (Å²) in [5.41, 5.74) is 5.16. The van der Waals surface area contributed by atoms with Gasteiger partial charge >= 0.3 is 17.9 Å². The lowest BCUT2D eigenvalue weighted by Crippen LogP contribution is -2.49. The minimum absolute atomic E-state index is 0.0256. The van der Waals surface area contributed by atoms with Crippen LogP contribution in [-0.4, -0.2) is 74.5 Å². The Hall–Kier alpha value is -3.32. The zero-order valence-electron chi connectivity index (χ0n) is 15.6. The molecule has 0 fully saturated rings. The molecule has 0 bridgehead atoms. The van der Waals surface area contributed by atoms with Crippen LogP contribution in [0.25, 0.3) is 0 Å². The molecule has 0 saturated carbocycles. The third-order valence-electron chi connectivity index (χ3n) is 3.38. The van der Waals surface area contributed by atoms with Crippen molar-refractivity contribution in [3.63, 3.8) is 0 Å². The molecule has 30 heavy (non-hydrogen) atoms. The molecule has 2 unspecified atom stereocenters. The van der Waals surface area contributed by atoms with Crippen molar-refractivity contribution in [1.82, 2.24) is 10.6 Å². The molecule has 166 valence electrons. The SMILES string of the molecule is NC(CCC(=O)NC(CS)C(=O)NCC(=O)O)C(=O)O.O=C(O)c1ccccc1O. The van der Waals surface area contributed by atoms with E-state index in [0.717, 1.165) is 0 Å². The van der Waals surface area contributed by atoms with Gasteiger partial charge in [-0.1, -0.05) is 12.1 Å². The molecule has 2 amide bonds. The highest BCUT2D eigenvalue weighted by atomic mass is 32.1. The predicted octanol–water partition coefficient (Wildman–Crippen LogP) is -1.12. The first-order chi connectivity index (χ1) is 14.0. The molecule has 12 nitrogen and oxygen atoms in total. The molecule has 0 radical (unpaired) electrons. The average Bonchev–Trinajstić information content (AvgIpc) is 2.68. The Morgan fingerprint density at radius 2 is 1.67 bits per heavy atom. The number of aliphatic carboxylic acids is 2. The molecule has 0 heterocycles. The second-order valence-corrected chi connectivity index (χ2v) is 6.09. The Morgan fingerprint density at radius 1 is 1.07 bits per heavy atom. The number of hydrogen-bond donors (Lipinski definition) is 8. The highest BCUT2D eigenvalue weighted by Crippen LogP contribution is 2.14. The van der Waals surface area contributed by atoms with Gasteiger partial charge in [-0.25, -0.2) is 4.79 Å². The fraction of sp³-hybridized carbons (Fsp3) is 0.353. The Labute approximate surface area is 176 Å². The van der Waals surface area contributed by atoms with Gasteiger partial charge in [-0.2, -0.15) is 12.6 Å². The standard InChI is InChI=1S/C10H17N3O6S.C7H6O3/c11-5(10(18)19)1-2-7(14)13-6(4-20)9(17)12-3-8(15)16;8-6-4-2-1-3-5(6)7(9)10/h5-6,20H,1-4,11H2,(H,12,17)(H,13,14)(H,15,16)(H,18,19);1-4,8H,(H,9,10). The van der Waals surface area contributed by atoms with Gasteiger partial charge < -0.3 is 36.8 Å². The first-order valence-corrected chi connectivity index (χ1v) is 9.02. The number of nitrogens with one attached hydrogen (secondary N) is 2. The van der Waals surface area contributed by atoms with E-state index in [1.54, 1.807) is 12.1 Å². The third-order valence-corrected chi connectivity index (χ3v) is 3.75. The maximum Gasteiger partial charge on any atom is 0.339 e. The number of hydrogen-bond acceptors (Lipinski definition) is 8. The van der Waals surface area contributed by atoms with Crippen molar-refractivity contribution in [2.75, 3.05) is 12.3 Å². The molecule has 2 atom stereocenters. The maximum atomic E-state index is 11.5. The number of benzene rings is 1. The van der Waals surface area contributed by atoms with Crippen LogP contribution in [0.1, 0.15) is 23.2 Å². The fourth-order valence-electron chi connectivity index (χ4n) is 1.81. The first kappa shape index (κ1) is 26.7. The van der Waals surface area contributed by atoms with Gasteiger partial charge in [0.1, 0.15) is 29.9 Å². The van der Waals surface area contributed by atoms with Gasteiger partial charge in [-0.05, 0) is 18.6 Å². The van der Waals surface area contributed by atoms with Gasteiger partial charge in [0.05, 0.1) is 0 Å². The van der Waals surface area contributed by atoms with Crippen molar-refractivity contribution in [3.8, 4) is 5.75 Å². The largest absolute Gasteiger partial charge is 0.507 e. The molecule has 1 aromatic rings. The lowest BCUT2D eigenvalue weighted by Gasteiger charge is -2.16. The molecule has 0 aliphatic rings. The van der Waals surface area contributed by atoms with Crippen LogP contribution < -0.4 is 16.4 Å². The Balaban J connectivity index is 0.000000696. The number of carbonyl (C=O) groups excluding carboxylic acids is 2. The van der Waals surface area contributed by atoms with E-state index in [-0.39, 0.29) is 29.9 Å². The summed E-state index contributed by atoms with van der Waals surface area (Å²) in [5.74, 6) is -5.02. The number of nitrogens with two attached hydrogens (primary N) is 1. The molecule has 0 aliphatic heterocycles. The Kier molecular flexibility index (Phi) is 12.3. The molecular weight excluding hydrogens is 422 g/mol. The van der Waals surface area contributed by atoms with E-state index < -0.39 is 48.4 Å². The topological polar surface area (TPSA) is 216 Å². The van der Waals surface area contributed by atoms with E-state index in [1.807, 2.05) is 0 Å². The summed E-state index contributed by atoms with van der Waals surface area (Å²) < 4.78 is 0. The summed E-state index contributed by atoms with van der Waals surface area (Å²) in [5, 5.41) is 38.7. The van der Waals surface area contributed by atoms with E-state index in [1.165, 1.54) is 12.1 Å². The number of phenols is 1. The van der Waals surface area contributed by atoms with Crippen molar-refractivity contribution in [2.45, 2.75) is 24.9 Å². The third kappa shape index (κ3) is 10.9. The van der Waals surface area contributed by atoms with E-state index in [0.29, 0.717) is 0 Å². The molecule has 0 aliphatic carbocycles. The molecule has 0 spiro atoms. The van der Waals surface area contributed by atoms with Gasteiger partial charge in [0.2, 0.25) is 11.8 Å². The van der Waals surface area contributed by atoms with Gasteiger partial charge in [0.15, 0.2) is 0 Å². The van der Waals surface area contributed by atoms with Crippen molar-refractivity contribution in [2.24, 2.45) is 5.73 Å². The van der Waals surface area contributed by atoms with Crippen molar-refractivity contribution in [3.05, 3.63) is 29.8 Å². The summed E-state index contributed by atoms with van der Waals surface area (Å²) in [6.07, 6.45) is -0.235. The number of amides is 2. The lowest BCUT2D eigenvalue weighted by molar-refractivity contribution is -0.139. The number of carboxylic acid groups (broad SMARTS) is 3. The van der Waals surface area contributed by atoms with E-state index in [9.17, 15) is 24.0 Å². The second kappa shape index (κ2) is 13.8. The number of rotatable bonds is 10. The summed E-state index contributed by atoms with van der Waals surface area (Å²) in [6, 6.07) is 3.66. The van der Waals surface area contributed by atoms with Gasteiger partial charge in [0.25, 0.3) is 0 Å². The number of aromatic carboxylic acids is 1. The maximum absolute atomic E-state index is 11.5. The summed E-state index contributed by atoms with van der Waals surface area (Å²) in [4.78, 5) is 54.0. The van der Waals surface area contributed by atoms with Crippen LogP contribution in [0.3, 0.4) is 0 Å². The Bertz CT molecular complexity index is 773. The normalized spacial score (nSPS) is 11.8. The smallest absolute Gasteiger partial charge is 0.339 e. The van der Waals surface area contributed by atoms with Gasteiger partial charge in [0, 0.05) is 12.2 Å². The summed E-state index contributed by atoms with van der Waals surface area (Å²) >= 11 is 3.87. The number of para-hydroxylation sites is 1. The molecule has 0 aromatic heterocycles. The monoisotopic (exact) mass is 445 g/mol. The molecule has 1 aromatic carbocycles. The van der Waals surface area contributed by atoms with Crippen molar-refractivity contribution in [1.29, 1.82) is 0 Å². The molecule has 1 rings (SSSR count). The van der Waals surface area contributed by atoms with E-state index in [2.05, 4.69) is 23.3 Å². The predicted molar refractivity (Wildman–Crippen MR) is 106 cm³/mol. The number of thiol groups is 1. The average molecular weight is 445 g/mol. The second-order valence-electron chi connectivity index (χ2n) is 5.72. The lowest BCUT2D eigenvalue weighted by atomic mass is 10.1. The van der Waals surface area contributed by atoms with Crippen molar-refractivity contribution >= 4 is 42.4 Å². The minimum atomic E-state index is -1.22. The zero-order chi connectivity index (χ0) is 23.3. The van der Waals surface area contributed by atoms with Gasteiger partial charge in [-0.3, -0.25) is 19.2 Å². The molecular formula is C17H23N3O9S. The Morgan fingerprint density at radius 3 is 2.10 bits per heavy atom. The van der Waals surface area contributed by atoms with Crippen LogP contribution in [0.15, 0.2) is 24.3 Å². The van der Waals surface area contributed by atoms with Crippen LogP contribution >= 0.6 is 12.6 Å². The number of carbonyl (C=O) groups is 5. The minimum Gasteiger partial charge on any atom is -0.507 e. The fourth-order valence-corrected chi connectivity index (χ4v) is 2.07. The van der Waals surface area contributed by atoms with Crippen LogP contribution in [0.5, 0.6) is 5.75 Å². The summed E-state index contributed by atoms with van der Waals surface area (Å²) in [6.45, 7) is -0.567. The van der Waals surface area contributed by atoms with Crippen molar-refractivity contribution < 1.29 is 44.4 Å². The first-order valence-electron chi connectivity index (χ1n) is 8.39. The highest BCUT2D eigenvalue weighted by Gasteiger charge is 2.20. The quantitative estimate of drug-likeness (QED) is 0.203. The molecule has 13 heteroatoms. The van der Waals surface area contributed by atoms with Crippen LogP contribution in [0, 0.1) is 0 Å². The molecule has 0 saturated heterocycles. The summed E-state index contributed by atoms with van der Waals surface area (Å²) in [7, 11) is 0. The highest BCUT2D eigenvalue weighted by molar-refractivity contribution is 7.80. The van der Waals surface area contributed by atoms with Crippen LogP contribution in [0.4, 0.5) is 0 Å². The molecule has 8 N–H and O–H groups in total.